The highest BCUT2D eigenvalue weighted by atomic mass is 32.1. The van der Waals surface area contributed by atoms with Gasteiger partial charge in [0.1, 0.15) is 0 Å². The molecule has 1 saturated heterocycles. The average Bonchev–Trinajstić information content (AvgIpc) is 2.65. The van der Waals surface area contributed by atoms with Gasteiger partial charge in [-0.2, -0.15) is 0 Å². The summed E-state index contributed by atoms with van der Waals surface area (Å²) in [6.45, 7) is 6.29. The first kappa shape index (κ1) is 11.0. The van der Waals surface area contributed by atoms with Crippen molar-refractivity contribution in [3.8, 4) is 0 Å². The Morgan fingerprint density at radius 2 is 2.27 bits per heavy atom. The summed E-state index contributed by atoms with van der Waals surface area (Å²) >= 11 is 1.74. The van der Waals surface area contributed by atoms with Gasteiger partial charge in [-0.3, -0.25) is 4.90 Å². The minimum absolute atomic E-state index is 0.749. The first-order valence-electron chi connectivity index (χ1n) is 5.61. The van der Waals surface area contributed by atoms with Gasteiger partial charge in [-0.05, 0) is 45.3 Å². The number of aromatic nitrogens is 1. The maximum Gasteiger partial charge on any atom is 0.0897 e. The molecule has 3 nitrogen and oxygen atoms in total. The summed E-state index contributed by atoms with van der Waals surface area (Å²) in [5.41, 5.74) is 6.90. The highest BCUT2D eigenvalue weighted by Crippen LogP contribution is 2.18. The zero-order valence-corrected chi connectivity index (χ0v) is 10.1. The lowest BCUT2D eigenvalue weighted by Gasteiger charge is -2.30. The highest BCUT2D eigenvalue weighted by Gasteiger charge is 2.18. The van der Waals surface area contributed by atoms with Gasteiger partial charge in [0, 0.05) is 11.9 Å². The van der Waals surface area contributed by atoms with Crippen LogP contribution in [0, 0.1) is 12.8 Å². The van der Waals surface area contributed by atoms with Crippen molar-refractivity contribution < 1.29 is 0 Å². The first-order valence-corrected chi connectivity index (χ1v) is 6.49. The second kappa shape index (κ2) is 5.05. The van der Waals surface area contributed by atoms with E-state index in [1.807, 2.05) is 0 Å². The molecule has 0 aliphatic carbocycles. The molecule has 1 aliphatic heterocycles. The molecule has 2 N–H and O–H groups in total. The van der Waals surface area contributed by atoms with E-state index in [-0.39, 0.29) is 0 Å². The Morgan fingerprint density at radius 1 is 1.53 bits per heavy atom. The third kappa shape index (κ3) is 3.00. The Kier molecular flexibility index (Phi) is 3.72. The van der Waals surface area contributed by atoms with E-state index in [9.17, 15) is 0 Å². The van der Waals surface area contributed by atoms with Crippen LogP contribution < -0.4 is 5.73 Å². The van der Waals surface area contributed by atoms with Crippen molar-refractivity contribution >= 4 is 11.3 Å². The largest absolute Gasteiger partial charge is 0.330 e. The molecule has 0 spiro atoms. The van der Waals surface area contributed by atoms with Crippen molar-refractivity contribution in [2.24, 2.45) is 11.7 Å². The van der Waals surface area contributed by atoms with Crippen LogP contribution in [0.5, 0.6) is 0 Å². The zero-order valence-electron chi connectivity index (χ0n) is 9.28. The fourth-order valence-corrected chi connectivity index (χ4v) is 2.69. The number of nitrogens with zero attached hydrogens (tertiary/aromatic N) is 2. The number of rotatable bonds is 3. The molecular weight excluding hydrogens is 206 g/mol. The van der Waals surface area contributed by atoms with Crippen LogP contribution in [0.25, 0.3) is 0 Å². The molecule has 0 radical (unpaired) electrons. The molecule has 0 atom stereocenters. The van der Waals surface area contributed by atoms with Crippen molar-refractivity contribution in [1.29, 1.82) is 0 Å². The molecule has 0 saturated carbocycles. The summed E-state index contributed by atoms with van der Waals surface area (Å²) in [6.07, 6.45) is 2.50. The molecule has 1 aromatic rings. The molecule has 2 rings (SSSR count). The maximum atomic E-state index is 5.68. The molecule has 1 aromatic heterocycles. The summed E-state index contributed by atoms with van der Waals surface area (Å²) in [5.74, 6) is 0.749. The Labute approximate surface area is 95.3 Å². The van der Waals surface area contributed by atoms with Crippen molar-refractivity contribution in [2.45, 2.75) is 26.3 Å². The third-order valence-electron chi connectivity index (χ3n) is 3.09. The predicted molar refractivity (Wildman–Crippen MR) is 63.9 cm³/mol. The van der Waals surface area contributed by atoms with E-state index in [1.165, 1.54) is 36.6 Å². The van der Waals surface area contributed by atoms with Gasteiger partial charge in [0.05, 0.1) is 10.7 Å². The van der Waals surface area contributed by atoms with E-state index in [0.717, 1.165) is 19.0 Å². The molecule has 2 heterocycles. The second-order valence-electron chi connectivity index (χ2n) is 4.31. The minimum Gasteiger partial charge on any atom is -0.330 e. The number of piperidine rings is 1. The van der Waals surface area contributed by atoms with Crippen LogP contribution >= 0.6 is 11.3 Å². The summed E-state index contributed by atoms with van der Waals surface area (Å²) in [5, 5.41) is 3.34. The van der Waals surface area contributed by atoms with Crippen LogP contribution in [0.15, 0.2) is 5.38 Å². The van der Waals surface area contributed by atoms with Crippen LogP contribution in [0.4, 0.5) is 0 Å². The molecule has 1 fully saturated rings. The van der Waals surface area contributed by atoms with Gasteiger partial charge in [-0.1, -0.05) is 0 Å². The molecule has 4 heteroatoms. The van der Waals surface area contributed by atoms with Crippen LogP contribution in [-0.2, 0) is 6.54 Å². The van der Waals surface area contributed by atoms with Gasteiger partial charge < -0.3 is 5.73 Å². The highest BCUT2D eigenvalue weighted by molar-refractivity contribution is 7.09. The van der Waals surface area contributed by atoms with Crippen molar-refractivity contribution in [1.82, 2.24) is 9.88 Å². The summed E-state index contributed by atoms with van der Waals surface area (Å²) < 4.78 is 0. The van der Waals surface area contributed by atoms with Crippen LogP contribution in [0.1, 0.15) is 23.5 Å². The van der Waals surface area contributed by atoms with Gasteiger partial charge in [0.15, 0.2) is 0 Å². The molecule has 0 aromatic carbocycles. The fraction of sp³-hybridized carbons (Fsp3) is 0.727. The predicted octanol–water partition coefficient (Wildman–Crippen LogP) is 1.62. The molecule has 0 unspecified atom stereocenters. The molecule has 15 heavy (non-hydrogen) atoms. The van der Waals surface area contributed by atoms with Gasteiger partial charge in [-0.25, -0.2) is 4.98 Å². The van der Waals surface area contributed by atoms with Gasteiger partial charge in [0.2, 0.25) is 0 Å². The number of aryl methyl sites for hydroxylation is 1. The lowest BCUT2D eigenvalue weighted by atomic mass is 9.97. The lowest BCUT2D eigenvalue weighted by molar-refractivity contribution is 0.179. The fourth-order valence-electron chi connectivity index (χ4n) is 2.09. The summed E-state index contributed by atoms with van der Waals surface area (Å²) in [6, 6.07) is 0. The van der Waals surface area contributed by atoms with E-state index in [0.29, 0.717) is 0 Å². The molecule has 0 amide bonds. The van der Waals surface area contributed by atoms with E-state index in [1.54, 1.807) is 11.3 Å². The number of hydrogen-bond donors (Lipinski definition) is 1. The minimum atomic E-state index is 0.749. The zero-order chi connectivity index (χ0) is 10.7. The van der Waals surface area contributed by atoms with E-state index < -0.39 is 0 Å². The Hall–Kier alpha value is -0.450. The van der Waals surface area contributed by atoms with Crippen molar-refractivity contribution in [3.63, 3.8) is 0 Å². The summed E-state index contributed by atoms with van der Waals surface area (Å²) in [4.78, 5) is 6.98. The SMILES string of the molecule is Cc1nc(CN2CCC(CN)CC2)cs1. The van der Waals surface area contributed by atoms with Gasteiger partial charge in [-0.15, -0.1) is 11.3 Å². The van der Waals surface area contributed by atoms with Crippen LogP contribution in [0.3, 0.4) is 0 Å². The topological polar surface area (TPSA) is 42.2 Å². The number of nitrogens with two attached hydrogens (primary N) is 1. The van der Waals surface area contributed by atoms with Gasteiger partial charge >= 0.3 is 0 Å². The quantitative estimate of drug-likeness (QED) is 0.850. The van der Waals surface area contributed by atoms with Crippen molar-refractivity contribution in [3.05, 3.63) is 16.1 Å². The summed E-state index contributed by atoms with van der Waals surface area (Å²) in [7, 11) is 0. The Bertz CT molecular complexity index is 303. The van der Waals surface area contributed by atoms with Crippen LogP contribution in [0.2, 0.25) is 0 Å². The number of thiazole rings is 1. The molecule has 0 bridgehead atoms. The molecule has 84 valence electrons. The first-order chi connectivity index (χ1) is 7.28. The molecular formula is C11H19N3S. The molecule has 1 aliphatic rings. The average molecular weight is 225 g/mol. The Morgan fingerprint density at radius 3 is 2.80 bits per heavy atom. The maximum absolute atomic E-state index is 5.68. The Balaban J connectivity index is 1.82. The lowest BCUT2D eigenvalue weighted by Crippen LogP contribution is -2.35. The third-order valence-corrected chi connectivity index (χ3v) is 3.91. The number of likely N-dealkylation sites (tertiary alicyclic amines) is 1. The van der Waals surface area contributed by atoms with Crippen molar-refractivity contribution in [2.75, 3.05) is 19.6 Å². The smallest absolute Gasteiger partial charge is 0.0897 e. The standard InChI is InChI=1S/C11H19N3S/c1-9-13-11(8-15-9)7-14-4-2-10(6-12)3-5-14/h8,10H,2-7,12H2,1H3. The van der Waals surface area contributed by atoms with Crippen LogP contribution in [-0.4, -0.2) is 29.5 Å². The monoisotopic (exact) mass is 225 g/mol. The van der Waals surface area contributed by atoms with E-state index >= 15 is 0 Å². The van der Waals surface area contributed by atoms with Gasteiger partial charge in [0.25, 0.3) is 0 Å². The second-order valence-corrected chi connectivity index (χ2v) is 5.38. The van der Waals surface area contributed by atoms with E-state index in [4.69, 9.17) is 5.73 Å². The van der Waals surface area contributed by atoms with E-state index in [2.05, 4.69) is 22.2 Å². The number of hydrogen-bond acceptors (Lipinski definition) is 4. The normalized spacial score (nSPS) is 19.6.